The smallest absolute Gasteiger partial charge is 0.207 e. The van der Waals surface area contributed by atoms with Crippen molar-refractivity contribution in [2.75, 3.05) is 6.54 Å². The summed E-state index contributed by atoms with van der Waals surface area (Å²) < 4.78 is 26.7. The summed E-state index contributed by atoms with van der Waals surface area (Å²) in [7, 11) is -3.45. The van der Waals surface area contributed by atoms with Crippen molar-refractivity contribution in [1.29, 1.82) is 0 Å². The fraction of sp³-hybridized carbons (Fsp3) is 0.538. The first-order valence-corrected chi connectivity index (χ1v) is 8.68. The molecule has 0 amide bonds. The SMILES string of the molecule is CC1CCCCN1S(=O)(=O)c1ccc(CCl)c(Cl)c1. The van der Waals surface area contributed by atoms with E-state index in [1.54, 1.807) is 16.4 Å². The first-order valence-electron chi connectivity index (χ1n) is 6.33. The van der Waals surface area contributed by atoms with Crippen LogP contribution in [0.1, 0.15) is 31.7 Å². The molecule has 1 aromatic rings. The zero-order chi connectivity index (χ0) is 14.0. The molecular weight excluding hydrogens is 305 g/mol. The summed E-state index contributed by atoms with van der Waals surface area (Å²) in [6.07, 6.45) is 2.91. The number of hydrogen-bond acceptors (Lipinski definition) is 2. The van der Waals surface area contributed by atoms with Gasteiger partial charge in [-0.2, -0.15) is 4.31 Å². The average molecular weight is 322 g/mol. The van der Waals surface area contributed by atoms with E-state index in [2.05, 4.69) is 0 Å². The van der Waals surface area contributed by atoms with E-state index < -0.39 is 10.0 Å². The van der Waals surface area contributed by atoms with Gasteiger partial charge in [-0.15, -0.1) is 11.6 Å². The summed E-state index contributed by atoms with van der Waals surface area (Å²) >= 11 is 11.8. The lowest BCUT2D eigenvalue weighted by atomic mass is 10.1. The first-order chi connectivity index (χ1) is 8.96. The van der Waals surface area contributed by atoms with E-state index in [1.807, 2.05) is 6.92 Å². The fourth-order valence-corrected chi connectivity index (χ4v) is 4.70. The molecule has 2 rings (SSSR count). The monoisotopic (exact) mass is 321 g/mol. The van der Waals surface area contributed by atoms with Crippen LogP contribution in [0.2, 0.25) is 5.02 Å². The lowest BCUT2D eigenvalue weighted by Crippen LogP contribution is -2.41. The van der Waals surface area contributed by atoms with Crippen LogP contribution >= 0.6 is 23.2 Å². The van der Waals surface area contributed by atoms with Gasteiger partial charge in [-0.05, 0) is 37.5 Å². The van der Waals surface area contributed by atoms with E-state index in [-0.39, 0.29) is 16.8 Å². The van der Waals surface area contributed by atoms with Crippen molar-refractivity contribution in [2.45, 2.75) is 43.0 Å². The van der Waals surface area contributed by atoms with Gasteiger partial charge < -0.3 is 0 Å². The summed E-state index contributed by atoms with van der Waals surface area (Å²) in [5.74, 6) is 0.277. The van der Waals surface area contributed by atoms with Gasteiger partial charge in [0.1, 0.15) is 0 Å². The summed E-state index contributed by atoms with van der Waals surface area (Å²) in [5, 5.41) is 0.403. The van der Waals surface area contributed by atoms with E-state index in [0.29, 0.717) is 11.6 Å². The van der Waals surface area contributed by atoms with E-state index in [9.17, 15) is 8.42 Å². The summed E-state index contributed by atoms with van der Waals surface area (Å²) in [4.78, 5) is 0.250. The lowest BCUT2D eigenvalue weighted by molar-refractivity contribution is 0.268. The highest BCUT2D eigenvalue weighted by Gasteiger charge is 2.31. The van der Waals surface area contributed by atoms with Gasteiger partial charge in [-0.1, -0.05) is 24.1 Å². The van der Waals surface area contributed by atoms with E-state index in [4.69, 9.17) is 23.2 Å². The topological polar surface area (TPSA) is 37.4 Å². The molecule has 3 nitrogen and oxygen atoms in total. The van der Waals surface area contributed by atoms with Gasteiger partial charge in [0, 0.05) is 23.5 Å². The van der Waals surface area contributed by atoms with Crippen molar-refractivity contribution in [1.82, 2.24) is 4.31 Å². The molecule has 1 atom stereocenters. The molecule has 0 spiro atoms. The normalized spacial score (nSPS) is 21.5. The van der Waals surface area contributed by atoms with Crippen molar-refractivity contribution in [3.05, 3.63) is 28.8 Å². The van der Waals surface area contributed by atoms with Crippen molar-refractivity contribution in [3.63, 3.8) is 0 Å². The number of halogens is 2. The molecule has 19 heavy (non-hydrogen) atoms. The minimum absolute atomic E-state index is 0.0465. The van der Waals surface area contributed by atoms with Crippen LogP contribution in [0.25, 0.3) is 0 Å². The van der Waals surface area contributed by atoms with Crippen LogP contribution in [0.5, 0.6) is 0 Å². The number of rotatable bonds is 3. The Morgan fingerprint density at radius 1 is 1.37 bits per heavy atom. The third-order valence-electron chi connectivity index (χ3n) is 3.52. The average Bonchev–Trinajstić information content (AvgIpc) is 2.39. The van der Waals surface area contributed by atoms with Crippen molar-refractivity contribution >= 4 is 33.2 Å². The minimum atomic E-state index is -3.45. The van der Waals surface area contributed by atoms with Crippen molar-refractivity contribution in [2.24, 2.45) is 0 Å². The molecule has 1 unspecified atom stereocenters. The molecule has 1 saturated heterocycles. The van der Waals surface area contributed by atoms with Crippen LogP contribution in [-0.2, 0) is 15.9 Å². The number of alkyl halides is 1. The van der Waals surface area contributed by atoms with Crippen LogP contribution in [0.3, 0.4) is 0 Å². The first kappa shape index (κ1) is 15.1. The number of hydrogen-bond donors (Lipinski definition) is 0. The van der Waals surface area contributed by atoms with Gasteiger partial charge in [0.05, 0.1) is 4.90 Å². The maximum absolute atomic E-state index is 12.6. The lowest BCUT2D eigenvalue weighted by Gasteiger charge is -2.32. The number of benzene rings is 1. The molecular formula is C13H17Cl2NO2S. The summed E-state index contributed by atoms with van der Waals surface area (Å²) in [6.45, 7) is 2.53. The molecule has 0 bridgehead atoms. The molecule has 1 aliphatic heterocycles. The molecule has 1 fully saturated rings. The molecule has 0 aromatic heterocycles. The molecule has 1 aromatic carbocycles. The molecule has 1 heterocycles. The highest BCUT2D eigenvalue weighted by Crippen LogP contribution is 2.28. The third-order valence-corrected chi connectivity index (χ3v) is 6.17. The van der Waals surface area contributed by atoms with Crippen LogP contribution in [0.4, 0.5) is 0 Å². The fourth-order valence-electron chi connectivity index (χ4n) is 2.36. The highest BCUT2D eigenvalue weighted by atomic mass is 35.5. The van der Waals surface area contributed by atoms with Crippen LogP contribution in [0, 0.1) is 0 Å². The Balaban J connectivity index is 2.36. The van der Waals surface area contributed by atoms with Gasteiger partial charge in [0.15, 0.2) is 0 Å². The van der Waals surface area contributed by atoms with Crippen molar-refractivity contribution < 1.29 is 8.42 Å². The van der Waals surface area contributed by atoms with E-state index in [0.717, 1.165) is 24.8 Å². The second-order valence-electron chi connectivity index (χ2n) is 4.85. The van der Waals surface area contributed by atoms with Gasteiger partial charge in [0.2, 0.25) is 10.0 Å². The maximum Gasteiger partial charge on any atom is 0.243 e. The molecule has 0 radical (unpaired) electrons. The Morgan fingerprint density at radius 3 is 2.68 bits per heavy atom. The Bertz CT molecular complexity index is 560. The summed E-state index contributed by atoms with van der Waals surface area (Å²) in [6, 6.07) is 4.80. The quantitative estimate of drug-likeness (QED) is 0.797. The molecule has 106 valence electrons. The predicted octanol–water partition coefficient (Wildman–Crippen LogP) is 3.64. The largest absolute Gasteiger partial charge is 0.243 e. The van der Waals surface area contributed by atoms with Crippen LogP contribution in [-0.4, -0.2) is 25.3 Å². The highest BCUT2D eigenvalue weighted by molar-refractivity contribution is 7.89. The van der Waals surface area contributed by atoms with Crippen LogP contribution < -0.4 is 0 Å². The van der Waals surface area contributed by atoms with Crippen LogP contribution in [0.15, 0.2) is 23.1 Å². The Hall–Kier alpha value is -0.290. The molecule has 6 heteroatoms. The maximum atomic E-state index is 12.6. The third kappa shape index (κ3) is 3.07. The standard InChI is InChI=1S/C13H17Cl2NO2S/c1-10-4-2-3-7-16(10)19(17,18)12-6-5-11(9-14)13(15)8-12/h5-6,8,10H,2-4,7,9H2,1H3. The zero-order valence-electron chi connectivity index (χ0n) is 10.8. The Labute approximate surface area is 124 Å². The second kappa shape index (κ2) is 6.00. The molecule has 0 aliphatic carbocycles. The van der Waals surface area contributed by atoms with E-state index in [1.165, 1.54) is 6.07 Å². The van der Waals surface area contributed by atoms with Gasteiger partial charge in [-0.25, -0.2) is 8.42 Å². The summed E-state index contributed by atoms with van der Waals surface area (Å²) in [5.41, 5.74) is 0.744. The zero-order valence-corrected chi connectivity index (χ0v) is 13.1. The second-order valence-corrected chi connectivity index (χ2v) is 7.41. The molecule has 0 saturated carbocycles. The Kier molecular flexibility index (Phi) is 4.77. The minimum Gasteiger partial charge on any atom is -0.207 e. The van der Waals surface area contributed by atoms with Crippen molar-refractivity contribution in [3.8, 4) is 0 Å². The number of sulfonamides is 1. The molecule has 0 N–H and O–H groups in total. The van der Waals surface area contributed by atoms with Gasteiger partial charge >= 0.3 is 0 Å². The predicted molar refractivity (Wildman–Crippen MR) is 78.2 cm³/mol. The Morgan fingerprint density at radius 2 is 2.11 bits per heavy atom. The van der Waals surface area contributed by atoms with Gasteiger partial charge in [0.25, 0.3) is 0 Å². The number of piperidine rings is 1. The van der Waals surface area contributed by atoms with E-state index >= 15 is 0 Å². The molecule has 1 aliphatic rings. The van der Waals surface area contributed by atoms with Gasteiger partial charge in [-0.3, -0.25) is 0 Å². The number of nitrogens with zero attached hydrogens (tertiary/aromatic N) is 1.